The summed E-state index contributed by atoms with van der Waals surface area (Å²) in [4.78, 5) is 23.3. The molecule has 0 fully saturated rings. The van der Waals surface area contributed by atoms with E-state index in [0.717, 1.165) is 16.8 Å². The Hall–Kier alpha value is -2.77. The van der Waals surface area contributed by atoms with Gasteiger partial charge in [-0.25, -0.2) is 9.48 Å². The van der Waals surface area contributed by atoms with Gasteiger partial charge >= 0.3 is 5.97 Å². The molecule has 0 aliphatic carbocycles. The van der Waals surface area contributed by atoms with Crippen molar-refractivity contribution in [1.82, 2.24) is 9.78 Å². The lowest BCUT2D eigenvalue weighted by Gasteiger charge is -2.14. The van der Waals surface area contributed by atoms with Gasteiger partial charge < -0.3 is 10.4 Å². The minimum absolute atomic E-state index is 0.110. The number of rotatable bonds is 3. The van der Waals surface area contributed by atoms with Gasteiger partial charge in [0.2, 0.25) is 5.91 Å². The van der Waals surface area contributed by atoms with E-state index in [2.05, 4.69) is 10.4 Å². The second-order valence-electron chi connectivity index (χ2n) is 6.00. The number of benzene rings is 2. The Labute approximate surface area is 164 Å². The first-order valence-electron chi connectivity index (χ1n) is 8.11. The van der Waals surface area contributed by atoms with Crippen LogP contribution in [-0.4, -0.2) is 32.5 Å². The number of halogens is 1. The number of carboxylic acid groups (broad SMARTS) is 1. The standard InChI is InChI=1S/C19H14ClN3O3S/c20-13-5-7-14(8-6-13)23-18-15(9-21-23)17(27-10-16(24)22-18)11-1-3-12(4-2-11)19(25)26/h1-9,17H,10H2,(H,22,24)(H,25,26)/t17-/m1/s1. The number of nitrogens with zero attached hydrogens (tertiary/aromatic N) is 2. The SMILES string of the molecule is O=C1CS[C@H](c2ccc(C(=O)O)cc2)c2cnn(-c3ccc(Cl)cc3)c2N1. The number of carboxylic acids is 1. The van der Waals surface area contributed by atoms with E-state index in [1.807, 2.05) is 12.1 Å². The van der Waals surface area contributed by atoms with Crippen LogP contribution in [0.25, 0.3) is 5.69 Å². The van der Waals surface area contributed by atoms with Gasteiger partial charge in [-0.05, 0) is 42.0 Å². The normalized spacial score (nSPS) is 16.3. The lowest BCUT2D eigenvalue weighted by atomic mass is 10.0. The molecule has 0 saturated carbocycles. The average molecular weight is 400 g/mol. The molecule has 1 aromatic heterocycles. The van der Waals surface area contributed by atoms with E-state index in [-0.39, 0.29) is 16.7 Å². The zero-order valence-corrected chi connectivity index (χ0v) is 15.5. The molecule has 1 aliphatic rings. The number of aromatic carboxylic acids is 1. The van der Waals surface area contributed by atoms with Crippen molar-refractivity contribution in [3.63, 3.8) is 0 Å². The first kappa shape index (κ1) is 17.6. The van der Waals surface area contributed by atoms with Crippen LogP contribution in [0.15, 0.2) is 54.7 Å². The van der Waals surface area contributed by atoms with Crippen molar-refractivity contribution in [1.29, 1.82) is 0 Å². The van der Waals surface area contributed by atoms with Crippen molar-refractivity contribution in [2.75, 3.05) is 11.1 Å². The lowest BCUT2D eigenvalue weighted by Crippen LogP contribution is -2.15. The number of hydrogen-bond donors (Lipinski definition) is 2. The van der Waals surface area contributed by atoms with Crippen molar-refractivity contribution in [3.8, 4) is 5.69 Å². The van der Waals surface area contributed by atoms with E-state index in [9.17, 15) is 9.59 Å². The minimum Gasteiger partial charge on any atom is -0.478 e. The fourth-order valence-corrected chi connectivity index (χ4v) is 4.17. The van der Waals surface area contributed by atoms with Crippen LogP contribution in [0, 0.1) is 0 Å². The predicted octanol–water partition coefficient (Wildman–Crippen LogP) is 4.00. The molecule has 136 valence electrons. The Balaban J connectivity index is 1.77. The van der Waals surface area contributed by atoms with Crippen molar-refractivity contribution in [2.24, 2.45) is 0 Å². The summed E-state index contributed by atoms with van der Waals surface area (Å²) in [5, 5.41) is 16.9. The number of carbonyl (C=O) groups excluding carboxylic acids is 1. The molecule has 2 N–H and O–H groups in total. The van der Waals surface area contributed by atoms with Crippen molar-refractivity contribution >= 4 is 41.1 Å². The number of thioether (sulfide) groups is 1. The molecular weight excluding hydrogens is 386 g/mol. The molecule has 2 heterocycles. The molecule has 0 unspecified atom stereocenters. The van der Waals surface area contributed by atoms with E-state index >= 15 is 0 Å². The summed E-state index contributed by atoms with van der Waals surface area (Å²) in [6.45, 7) is 0. The number of hydrogen-bond acceptors (Lipinski definition) is 4. The topological polar surface area (TPSA) is 84.2 Å². The summed E-state index contributed by atoms with van der Waals surface area (Å²) in [6.07, 6.45) is 1.73. The third kappa shape index (κ3) is 3.43. The lowest BCUT2D eigenvalue weighted by molar-refractivity contribution is -0.113. The summed E-state index contributed by atoms with van der Waals surface area (Å²) in [5.74, 6) is -0.176. The van der Waals surface area contributed by atoms with Gasteiger partial charge in [-0.15, -0.1) is 11.8 Å². The quantitative estimate of drug-likeness (QED) is 0.695. The van der Waals surface area contributed by atoms with Gasteiger partial charge in [0, 0.05) is 10.6 Å². The summed E-state index contributed by atoms with van der Waals surface area (Å²) >= 11 is 7.44. The van der Waals surface area contributed by atoms with Gasteiger partial charge in [0.25, 0.3) is 0 Å². The monoisotopic (exact) mass is 399 g/mol. The second kappa shape index (κ2) is 7.09. The van der Waals surface area contributed by atoms with Crippen LogP contribution in [0.5, 0.6) is 0 Å². The minimum atomic E-state index is -0.969. The number of anilines is 1. The number of nitrogens with one attached hydrogen (secondary N) is 1. The Kier molecular flexibility index (Phi) is 4.63. The van der Waals surface area contributed by atoms with E-state index in [0.29, 0.717) is 16.6 Å². The number of amides is 1. The van der Waals surface area contributed by atoms with Crippen molar-refractivity contribution < 1.29 is 14.7 Å². The van der Waals surface area contributed by atoms with Gasteiger partial charge in [0.05, 0.1) is 28.5 Å². The van der Waals surface area contributed by atoms with E-state index in [4.69, 9.17) is 16.7 Å². The summed E-state index contributed by atoms with van der Waals surface area (Å²) in [6, 6.07) is 13.9. The Morgan fingerprint density at radius 3 is 2.56 bits per heavy atom. The van der Waals surface area contributed by atoms with Crippen LogP contribution in [0.1, 0.15) is 26.7 Å². The highest BCUT2D eigenvalue weighted by molar-refractivity contribution is 8.00. The average Bonchev–Trinajstić information content (AvgIpc) is 2.98. The summed E-state index contributed by atoms with van der Waals surface area (Å²) in [7, 11) is 0. The zero-order chi connectivity index (χ0) is 19.0. The van der Waals surface area contributed by atoms with Gasteiger partial charge in [-0.3, -0.25) is 4.79 Å². The first-order valence-corrected chi connectivity index (χ1v) is 9.54. The molecule has 0 bridgehead atoms. The summed E-state index contributed by atoms with van der Waals surface area (Å²) < 4.78 is 1.67. The Morgan fingerprint density at radius 2 is 1.89 bits per heavy atom. The molecule has 0 spiro atoms. The number of aromatic nitrogens is 2. The maximum absolute atomic E-state index is 12.2. The fourth-order valence-electron chi connectivity index (χ4n) is 2.95. The van der Waals surface area contributed by atoms with Gasteiger partial charge in [0.1, 0.15) is 5.82 Å². The first-order chi connectivity index (χ1) is 13.0. The second-order valence-corrected chi connectivity index (χ2v) is 7.53. The van der Waals surface area contributed by atoms with E-state index < -0.39 is 5.97 Å². The molecule has 27 heavy (non-hydrogen) atoms. The van der Waals surface area contributed by atoms with Crippen LogP contribution >= 0.6 is 23.4 Å². The van der Waals surface area contributed by atoms with Crippen molar-refractivity contribution in [3.05, 3.63) is 76.4 Å². The van der Waals surface area contributed by atoms with Crippen LogP contribution in [0.2, 0.25) is 5.02 Å². The van der Waals surface area contributed by atoms with Crippen LogP contribution < -0.4 is 5.32 Å². The molecule has 8 heteroatoms. The molecule has 1 atom stereocenters. The van der Waals surface area contributed by atoms with Gasteiger partial charge in [-0.2, -0.15) is 5.10 Å². The molecule has 3 aromatic rings. The number of carbonyl (C=O) groups is 2. The maximum Gasteiger partial charge on any atom is 0.335 e. The Morgan fingerprint density at radius 1 is 1.19 bits per heavy atom. The van der Waals surface area contributed by atoms with Crippen LogP contribution in [-0.2, 0) is 4.79 Å². The third-order valence-corrected chi connectivity index (χ3v) is 5.79. The molecule has 0 radical (unpaired) electrons. The summed E-state index contributed by atoms with van der Waals surface area (Å²) in [5.41, 5.74) is 2.79. The Bertz CT molecular complexity index is 1020. The molecule has 0 saturated heterocycles. The number of fused-ring (bicyclic) bond motifs is 1. The molecule has 2 aromatic carbocycles. The molecular formula is C19H14ClN3O3S. The molecule has 6 nitrogen and oxygen atoms in total. The fraction of sp³-hybridized carbons (Fsp3) is 0.105. The van der Waals surface area contributed by atoms with Crippen LogP contribution in [0.3, 0.4) is 0 Å². The van der Waals surface area contributed by atoms with E-state index in [1.165, 1.54) is 11.8 Å². The maximum atomic E-state index is 12.2. The zero-order valence-electron chi connectivity index (χ0n) is 13.9. The predicted molar refractivity (Wildman–Crippen MR) is 105 cm³/mol. The third-order valence-electron chi connectivity index (χ3n) is 4.25. The molecule has 4 rings (SSSR count). The highest BCUT2D eigenvalue weighted by atomic mass is 35.5. The molecule has 1 amide bonds. The van der Waals surface area contributed by atoms with Crippen molar-refractivity contribution in [2.45, 2.75) is 5.25 Å². The largest absolute Gasteiger partial charge is 0.478 e. The smallest absolute Gasteiger partial charge is 0.335 e. The highest BCUT2D eigenvalue weighted by Gasteiger charge is 2.28. The highest BCUT2D eigenvalue weighted by Crippen LogP contribution is 2.42. The molecule has 1 aliphatic heterocycles. The van der Waals surface area contributed by atoms with Gasteiger partial charge in [0.15, 0.2) is 0 Å². The van der Waals surface area contributed by atoms with E-state index in [1.54, 1.807) is 47.3 Å². The van der Waals surface area contributed by atoms with Gasteiger partial charge in [-0.1, -0.05) is 23.7 Å². The van der Waals surface area contributed by atoms with Crippen LogP contribution in [0.4, 0.5) is 5.82 Å².